The number of hydrogen-bond acceptors (Lipinski definition) is 5. The van der Waals surface area contributed by atoms with Crippen LogP contribution in [0.1, 0.15) is 39.5 Å². The van der Waals surface area contributed by atoms with Crippen LogP contribution in [0.15, 0.2) is 29.4 Å². The van der Waals surface area contributed by atoms with Crippen LogP contribution in [0.25, 0.3) is 0 Å². The van der Waals surface area contributed by atoms with Crippen LogP contribution in [-0.4, -0.2) is 48.5 Å². The van der Waals surface area contributed by atoms with Gasteiger partial charge in [0.1, 0.15) is 0 Å². The molecule has 1 aromatic rings. The summed E-state index contributed by atoms with van der Waals surface area (Å²) in [5.41, 5.74) is 0. The van der Waals surface area contributed by atoms with E-state index >= 15 is 0 Å². The lowest BCUT2D eigenvalue weighted by Crippen LogP contribution is -2.44. The third-order valence-electron chi connectivity index (χ3n) is 4.15. The van der Waals surface area contributed by atoms with E-state index in [0.29, 0.717) is 25.2 Å². The molecule has 1 atom stereocenters. The first-order valence-electron chi connectivity index (χ1n) is 8.54. The molecule has 1 amide bonds. The number of aromatic nitrogens is 1. The maximum Gasteiger partial charge on any atom is 0.260 e. The average molecular weight is 367 g/mol. The molecule has 1 aliphatic rings. The number of rotatable bonds is 6. The number of Topliss-reactive ketones (excluding diaryl/α,β-unsaturated/α-hetero) is 1. The Labute approximate surface area is 148 Å². The van der Waals surface area contributed by atoms with Gasteiger partial charge in [-0.05, 0) is 37.3 Å². The molecule has 0 unspecified atom stereocenters. The molecule has 25 heavy (non-hydrogen) atoms. The zero-order valence-electron chi connectivity index (χ0n) is 14.6. The summed E-state index contributed by atoms with van der Waals surface area (Å²) in [5, 5.41) is 2.68. The van der Waals surface area contributed by atoms with E-state index in [9.17, 15) is 18.0 Å². The summed E-state index contributed by atoms with van der Waals surface area (Å²) in [6.07, 6.45) is 3.49. The van der Waals surface area contributed by atoms with Gasteiger partial charge < -0.3 is 5.32 Å². The van der Waals surface area contributed by atoms with Crippen LogP contribution in [0.5, 0.6) is 0 Å². The van der Waals surface area contributed by atoms with Crippen LogP contribution in [0, 0.1) is 5.92 Å². The molecule has 7 nitrogen and oxygen atoms in total. The molecule has 2 rings (SSSR count). The zero-order valence-corrected chi connectivity index (χ0v) is 15.5. The maximum absolute atomic E-state index is 12.6. The molecule has 1 fully saturated rings. The summed E-state index contributed by atoms with van der Waals surface area (Å²) in [6, 6.07) is 4.02. The zero-order chi connectivity index (χ0) is 18.4. The van der Waals surface area contributed by atoms with E-state index in [2.05, 4.69) is 10.3 Å². The van der Waals surface area contributed by atoms with Gasteiger partial charge in [-0.15, -0.1) is 0 Å². The quantitative estimate of drug-likeness (QED) is 0.819. The van der Waals surface area contributed by atoms with Crippen LogP contribution in [0.3, 0.4) is 0 Å². The van der Waals surface area contributed by atoms with Crippen molar-refractivity contribution in [2.75, 3.05) is 13.1 Å². The number of amides is 1. The van der Waals surface area contributed by atoms with Crippen LogP contribution < -0.4 is 5.32 Å². The second kappa shape index (κ2) is 8.53. The molecule has 138 valence electrons. The highest BCUT2D eigenvalue weighted by Crippen LogP contribution is 2.18. The number of hydrogen-bond donors (Lipinski definition) is 1. The van der Waals surface area contributed by atoms with Crippen molar-refractivity contribution >= 4 is 21.7 Å². The van der Waals surface area contributed by atoms with Gasteiger partial charge in [0.2, 0.25) is 5.91 Å². The molecule has 1 saturated heterocycles. The largest absolute Gasteiger partial charge is 0.346 e. The van der Waals surface area contributed by atoms with Gasteiger partial charge >= 0.3 is 0 Å². The first-order chi connectivity index (χ1) is 11.8. The van der Waals surface area contributed by atoms with Gasteiger partial charge in [0.05, 0.1) is 12.6 Å². The van der Waals surface area contributed by atoms with Crippen molar-refractivity contribution in [2.24, 2.45) is 5.92 Å². The SMILES string of the molecule is CC(C)CCC(=O)N[C@H]1CCCN(S(=O)(=O)c2ccccn2)CC1=O. The minimum atomic E-state index is -3.80. The molecule has 2 heterocycles. The standard InChI is InChI=1S/C17H25N3O4S/c1-13(2)8-9-16(22)19-14-6-5-11-20(12-15(14)21)25(23,24)17-7-3-4-10-18-17/h3-4,7,10,13-14H,5-6,8-9,11-12H2,1-2H3,(H,19,22)/t14-/m0/s1. The summed E-state index contributed by atoms with van der Waals surface area (Å²) in [4.78, 5) is 28.3. The van der Waals surface area contributed by atoms with Crippen molar-refractivity contribution in [3.8, 4) is 0 Å². The predicted molar refractivity (Wildman–Crippen MR) is 93.2 cm³/mol. The summed E-state index contributed by atoms with van der Waals surface area (Å²) in [5.74, 6) is -0.0300. The number of carbonyl (C=O) groups is 2. The van der Waals surface area contributed by atoms with Gasteiger partial charge in [-0.25, -0.2) is 13.4 Å². The van der Waals surface area contributed by atoms with Crippen molar-refractivity contribution in [1.29, 1.82) is 0 Å². The van der Waals surface area contributed by atoms with Gasteiger partial charge in [0, 0.05) is 19.2 Å². The molecule has 0 bridgehead atoms. The average Bonchev–Trinajstić information content (AvgIpc) is 2.76. The summed E-state index contributed by atoms with van der Waals surface area (Å²) < 4.78 is 26.4. The molecule has 1 aliphatic heterocycles. The molecule has 1 N–H and O–H groups in total. The Morgan fingerprint density at radius 1 is 1.40 bits per heavy atom. The number of sulfonamides is 1. The fourth-order valence-corrected chi connectivity index (χ4v) is 4.05. The first-order valence-corrected chi connectivity index (χ1v) is 9.98. The third-order valence-corrected chi connectivity index (χ3v) is 5.91. The lowest BCUT2D eigenvalue weighted by molar-refractivity contribution is -0.127. The van der Waals surface area contributed by atoms with Gasteiger partial charge in [-0.1, -0.05) is 19.9 Å². The van der Waals surface area contributed by atoms with E-state index in [1.165, 1.54) is 12.3 Å². The van der Waals surface area contributed by atoms with E-state index < -0.39 is 16.1 Å². The lowest BCUT2D eigenvalue weighted by Gasteiger charge is -2.19. The fourth-order valence-electron chi connectivity index (χ4n) is 2.67. The Bertz CT molecular complexity index is 704. The predicted octanol–water partition coefficient (Wildman–Crippen LogP) is 1.36. The molecule has 0 aromatic carbocycles. The Morgan fingerprint density at radius 3 is 2.80 bits per heavy atom. The van der Waals surface area contributed by atoms with Crippen LogP contribution in [-0.2, 0) is 19.6 Å². The van der Waals surface area contributed by atoms with Crippen LogP contribution in [0.2, 0.25) is 0 Å². The highest BCUT2D eigenvalue weighted by Gasteiger charge is 2.33. The molecule has 0 saturated carbocycles. The molecule has 0 radical (unpaired) electrons. The molecule has 1 aromatic heterocycles. The molecular formula is C17H25N3O4S. The van der Waals surface area contributed by atoms with Gasteiger partial charge in [-0.3, -0.25) is 9.59 Å². The lowest BCUT2D eigenvalue weighted by atomic mass is 10.1. The normalized spacial score (nSPS) is 19.6. The van der Waals surface area contributed by atoms with Gasteiger partial charge in [0.25, 0.3) is 10.0 Å². The first kappa shape index (κ1) is 19.5. The molecule has 0 spiro atoms. The maximum atomic E-state index is 12.6. The number of nitrogens with zero attached hydrogens (tertiary/aromatic N) is 2. The Kier molecular flexibility index (Phi) is 6.66. The monoisotopic (exact) mass is 367 g/mol. The van der Waals surface area contributed by atoms with Gasteiger partial charge in [-0.2, -0.15) is 4.31 Å². The summed E-state index contributed by atoms with van der Waals surface area (Å²) in [7, 11) is -3.80. The Balaban J connectivity index is 2.02. The van der Waals surface area contributed by atoms with E-state index in [0.717, 1.165) is 10.7 Å². The second-order valence-corrected chi connectivity index (χ2v) is 8.55. The molecular weight excluding hydrogens is 342 g/mol. The van der Waals surface area contributed by atoms with Crippen LogP contribution in [0.4, 0.5) is 0 Å². The van der Waals surface area contributed by atoms with Crippen molar-refractivity contribution in [2.45, 2.75) is 50.6 Å². The highest BCUT2D eigenvalue weighted by atomic mass is 32.2. The van der Waals surface area contributed by atoms with Crippen molar-refractivity contribution in [1.82, 2.24) is 14.6 Å². The number of pyridine rings is 1. The number of carbonyl (C=O) groups excluding carboxylic acids is 2. The van der Waals surface area contributed by atoms with E-state index in [1.807, 2.05) is 13.8 Å². The summed E-state index contributed by atoms with van der Waals surface area (Å²) in [6.45, 7) is 4.06. The minimum Gasteiger partial charge on any atom is -0.346 e. The van der Waals surface area contributed by atoms with E-state index in [4.69, 9.17) is 0 Å². The highest BCUT2D eigenvalue weighted by molar-refractivity contribution is 7.89. The smallest absolute Gasteiger partial charge is 0.260 e. The second-order valence-electron chi connectivity index (χ2n) is 6.67. The topological polar surface area (TPSA) is 96.4 Å². The van der Waals surface area contributed by atoms with Crippen LogP contribution >= 0.6 is 0 Å². The number of ketones is 1. The molecule has 8 heteroatoms. The molecule has 0 aliphatic carbocycles. The third kappa shape index (κ3) is 5.34. The minimum absolute atomic E-state index is 0.0674. The van der Waals surface area contributed by atoms with Crippen molar-refractivity contribution in [3.63, 3.8) is 0 Å². The van der Waals surface area contributed by atoms with E-state index in [-0.39, 0.29) is 29.8 Å². The Hall–Kier alpha value is -1.80. The van der Waals surface area contributed by atoms with E-state index in [1.54, 1.807) is 12.1 Å². The fraction of sp³-hybridized carbons (Fsp3) is 0.588. The van der Waals surface area contributed by atoms with Crippen molar-refractivity contribution < 1.29 is 18.0 Å². The Morgan fingerprint density at radius 2 is 2.16 bits per heavy atom. The van der Waals surface area contributed by atoms with Gasteiger partial charge in [0.15, 0.2) is 10.8 Å². The van der Waals surface area contributed by atoms with Crippen molar-refractivity contribution in [3.05, 3.63) is 24.4 Å². The summed E-state index contributed by atoms with van der Waals surface area (Å²) >= 11 is 0. The number of nitrogens with one attached hydrogen (secondary N) is 1.